The van der Waals surface area contributed by atoms with Gasteiger partial charge < -0.3 is 0 Å². The highest BCUT2D eigenvalue weighted by molar-refractivity contribution is 9.10. The number of pyridine rings is 1. The summed E-state index contributed by atoms with van der Waals surface area (Å²) in [7, 11) is 0. The van der Waals surface area contributed by atoms with Gasteiger partial charge in [0.25, 0.3) is 0 Å². The molecule has 1 aromatic heterocycles. The Balaban J connectivity index is 2.98. The lowest BCUT2D eigenvalue weighted by Crippen LogP contribution is -1.94. The molecule has 0 N–H and O–H groups in total. The Hall–Kier alpha value is -0.910. The number of benzene rings is 1. The van der Waals surface area contributed by atoms with Crippen LogP contribution in [-0.4, -0.2) is 9.91 Å². The summed E-state index contributed by atoms with van der Waals surface area (Å²) < 4.78 is 0.633. The molecule has 0 amide bonds. The Bertz CT molecular complexity index is 646. The summed E-state index contributed by atoms with van der Waals surface area (Å²) in [6, 6.07) is 1.79. The molecule has 0 aliphatic heterocycles. The average Bonchev–Trinajstić information content (AvgIpc) is 2.25. The molecule has 1 heterocycles. The van der Waals surface area contributed by atoms with Crippen LogP contribution in [0, 0.1) is 17.0 Å². The van der Waals surface area contributed by atoms with Gasteiger partial charge in [-0.2, -0.15) is 0 Å². The largest absolute Gasteiger partial charge is 0.306 e. The summed E-state index contributed by atoms with van der Waals surface area (Å²) in [4.78, 5) is 14.2. The molecule has 2 aromatic rings. The van der Waals surface area contributed by atoms with Crippen LogP contribution < -0.4 is 0 Å². The number of halogens is 3. The first-order valence-electron chi connectivity index (χ1n) is 4.50. The van der Waals surface area contributed by atoms with Crippen molar-refractivity contribution in [2.24, 2.45) is 0 Å². The van der Waals surface area contributed by atoms with Gasteiger partial charge in [0, 0.05) is 9.86 Å². The van der Waals surface area contributed by atoms with Gasteiger partial charge in [0.2, 0.25) is 0 Å². The predicted molar refractivity (Wildman–Crippen MR) is 70.9 cm³/mol. The van der Waals surface area contributed by atoms with E-state index in [9.17, 15) is 10.1 Å². The third kappa shape index (κ3) is 1.99. The Morgan fingerprint density at radius 2 is 2.06 bits per heavy atom. The SMILES string of the molecule is Cc1cc(Br)c(Cl)c2c(Cl)c([N+](=O)[O-])cnc12. The van der Waals surface area contributed by atoms with Gasteiger partial charge in [-0.1, -0.05) is 23.2 Å². The molecular weight excluding hydrogens is 331 g/mol. The molecule has 0 aliphatic rings. The van der Waals surface area contributed by atoms with Crippen molar-refractivity contribution in [3.05, 3.63) is 42.5 Å². The summed E-state index contributed by atoms with van der Waals surface area (Å²) in [5, 5.41) is 11.5. The number of rotatable bonds is 1. The number of hydrogen-bond donors (Lipinski definition) is 0. The second-order valence-corrected chi connectivity index (χ2v) is 5.04. The maximum Gasteiger partial charge on any atom is 0.306 e. The Morgan fingerprint density at radius 1 is 1.41 bits per heavy atom. The molecule has 0 spiro atoms. The van der Waals surface area contributed by atoms with Crippen molar-refractivity contribution in [2.45, 2.75) is 6.92 Å². The number of nitrogens with zero attached hydrogens (tertiary/aromatic N) is 2. The van der Waals surface area contributed by atoms with E-state index in [-0.39, 0.29) is 10.7 Å². The van der Waals surface area contributed by atoms with Gasteiger partial charge in [-0.05, 0) is 34.5 Å². The molecule has 1 aromatic carbocycles. The van der Waals surface area contributed by atoms with E-state index in [0.29, 0.717) is 20.4 Å². The zero-order valence-electron chi connectivity index (χ0n) is 8.50. The smallest absolute Gasteiger partial charge is 0.258 e. The zero-order chi connectivity index (χ0) is 12.7. The van der Waals surface area contributed by atoms with Gasteiger partial charge >= 0.3 is 5.69 Å². The highest BCUT2D eigenvalue weighted by atomic mass is 79.9. The number of fused-ring (bicyclic) bond motifs is 1. The van der Waals surface area contributed by atoms with E-state index >= 15 is 0 Å². The number of nitro groups is 1. The minimum atomic E-state index is -0.582. The minimum absolute atomic E-state index is 0.00870. The summed E-state index contributed by atoms with van der Waals surface area (Å²) in [6.45, 7) is 1.83. The van der Waals surface area contributed by atoms with E-state index in [0.717, 1.165) is 11.8 Å². The van der Waals surface area contributed by atoms with Gasteiger partial charge in [0.1, 0.15) is 11.2 Å². The van der Waals surface area contributed by atoms with Crippen molar-refractivity contribution < 1.29 is 4.92 Å². The van der Waals surface area contributed by atoms with E-state index in [1.807, 2.05) is 6.92 Å². The number of aryl methyl sites for hydroxylation is 1. The quantitative estimate of drug-likeness (QED) is 0.568. The lowest BCUT2D eigenvalue weighted by Gasteiger charge is -2.07. The van der Waals surface area contributed by atoms with Crippen molar-refractivity contribution >= 4 is 55.7 Å². The Morgan fingerprint density at radius 3 is 2.65 bits per heavy atom. The fourth-order valence-corrected chi connectivity index (χ4v) is 2.68. The first-order chi connectivity index (χ1) is 7.93. The van der Waals surface area contributed by atoms with Crippen LogP contribution in [-0.2, 0) is 0 Å². The molecule has 0 radical (unpaired) electrons. The van der Waals surface area contributed by atoms with Gasteiger partial charge in [0.15, 0.2) is 0 Å². The van der Waals surface area contributed by atoms with Gasteiger partial charge in [0.05, 0.1) is 15.5 Å². The second-order valence-electron chi connectivity index (χ2n) is 3.43. The van der Waals surface area contributed by atoms with Crippen molar-refractivity contribution in [1.29, 1.82) is 0 Å². The van der Waals surface area contributed by atoms with Gasteiger partial charge in [-0.25, -0.2) is 4.98 Å². The first kappa shape index (κ1) is 12.5. The monoisotopic (exact) mass is 334 g/mol. The third-order valence-electron chi connectivity index (χ3n) is 2.34. The van der Waals surface area contributed by atoms with Crippen molar-refractivity contribution in [1.82, 2.24) is 4.98 Å². The van der Waals surface area contributed by atoms with E-state index in [1.165, 1.54) is 0 Å². The summed E-state index contributed by atoms with van der Waals surface area (Å²) in [5.41, 5.74) is 1.15. The highest BCUT2D eigenvalue weighted by Gasteiger charge is 2.20. The second kappa shape index (κ2) is 4.40. The standard InChI is InChI=1S/C10H5BrCl2N2O2/c1-4-2-5(11)8(12)7-9(13)6(15(16)17)3-14-10(4)7/h2-3H,1H3. The summed E-state index contributed by atoms with van der Waals surface area (Å²) in [6.07, 6.45) is 1.14. The molecule has 0 atom stereocenters. The van der Waals surface area contributed by atoms with E-state index in [1.54, 1.807) is 6.07 Å². The number of aromatic nitrogens is 1. The molecule has 2 rings (SSSR count). The van der Waals surface area contributed by atoms with E-state index < -0.39 is 4.92 Å². The van der Waals surface area contributed by atoms with Crippen molar-refractivity contribution in [3.63, 3.8) is 0 Å². The van der Waals surface area contributed by atoms with Gasteiger partial charge in [-0.3, -0.25) is 10.1 Å². The lowest BCUT2D eigenvalue weighted by atomic mass is 10.1. The lowest BCUT2D eigenvalue weighted by molar-refractivity contribution is -0.384. The maximum atomic E-state index is 10.8. The molecule has 17 heavy (non-hydrogen) atoms. The van der Waals surface area contributed by atoms with E-state index in [4.69, 9.17) is 23.2 Å². The van der Waals surface area contributed by atoms with Crippen molar-refractivity contribution in [2.75, 3.05) is 0 Å². The Labute approximate surface area is 115 Å². The molecular formula is C10H5BrCl2N2O2. The molecule has 88 valence electrons. The molecule has 0 aliphatic carbocycles. The average molecular weight is 336 g/mol. The molecule has 7 heteroatoms. The van der Waals surface area contributed by atoms with Crippen LogP contribution in [0.3, 0.4) is 0 Å². The molecule has 0 saturated heterocycles. The molecule has 0 fully saturated rings. The highest BCUT2D eigenvalue weighted by Crippen LogP contribution is 2.40. The van der Waals surface area contributed by atoms with Crippen LogP contribution in [0.25, 0.3) is 10.9 Å². The summed E-state index contributed by atoms with van der Waals surface area (Å²) >= 11 is 15.4. The van der Waals surface area contributed by atoms with Crippen LogP contribution in [0.1, 0.15) is 5.56 Å². The van der Waals surface area contributed by atoms with Crippen LogP contribution in [0.4, 0.5) is 5.69 Å². The van der Waals surface area contributed by atoms with Crippen LogP contribution in [0.2, 0.25) is 10.0 Å². The number of hydrogen-bond acceptors (Lipinski definition) is 3. The minimum Gasteiger partial charge on any atom is -0.258 e. The van der Waals surface area contributed by atoms with E-state index in [2.05, 4.69) is 20.9 Å². The fourth-order valence-electron chi connectivity index (χ4n) is 1.55. The molecule has 0 unspecified atom stereocenters. The summed E-state index contributed by atoms with van der Waals surface area (Å²) in [5.74, 6) is 0. The zero-order valence-corrected chi connectivity index (χ0v) is 11.6. The molecule has 0 bridgehead atoms. The van der Waals surface area contributed by atoms with Crippen molar-refractivity contribution in [3.8, 4) is 0 Å². The normalized spacial score (nSPS) is 10.8. The van der Waals surface area contributed by atoms with Crippen LogP contribution >= 0.6 is 39.1 Å². The van der Waals surface area contributed by atoms with Gasteiger partial charge in [-0.15, -0.1) is 0 Å². The maximum absolute atomic E-state index is 10.8. The third-order valence-corrected chi connectivity index (χ3v) is 3.97. The first-order valence-corrected chi connectivity index (χ1v) is 6.05. The van der Waals surface area contributed by atoms with Crippen LogP contribution in [0.5, 0.6) is 0 Å². The predicted octanol–water partition coefficient (Wildman–Crippen LogP) is 4.52. The Kier molecular flexibility index (Phi) is 3.25. The topological polar surface area (TPSA) is 56.0 Å². The van der Waals surface area contributed by atoms with Crippen LogP contribution in [0.15, 0.2) is 16.7 Å². The fraction of sp³-hybridized carbons (Fsp3) is 0.100. The molecule has 4 nitrogen and oxygen atoms in total. The molecule has 0 saturated carbocycles.